The molecule has 0 amide bonds. The van der Waals surface area contributed by atoms with Gasteiger partial charge in [-0.3, -0.25) is 14.2 Å². The monoisotopic (exact) mass is 280 g/mol. The Morgan fingerprint density at radius 3 is 2.47 bits per heavy atom. The topological polar surface area (TPSA) is 52.7 Å². The first-order valence-corrected chi connectivity index (χ1v) is 6.50. The van der Waals surface area contributed by atoms with E-state index in [9.17, 15) is 4.79 Å². The zero-order valence-corrected chi connectivity index (χ0v) is 12.5. The van der Waals surface area contributed by atoms with Gasteiger partial charge < -0.3 is 0 Å². The highest BCUT2D eigenvalue weighted by molar-refractivity contribution is 6.34. The molecule has 0 unspecified atom stereocenters. The molecule has 0 saturated carbocycles. The Kier molecular flexibility index (Phi) is 3.49. The number of rotatable bonds is 3. The summed E-state index contributed by atoms with van der Waals surface area (Å²) in [7, 11) is 1.82. The fourth-order valence-corrected chi connectivity index (χ4v) is 2.38. The van der Waals surface area contributed by atoms with E-state index in [2.05, 4.69) is 10.2 Å². The highest BCUT2D eigenvalue weighted by Gasteiger charge is 2.25. The summed E-state index contributed by atoms with van der Waals surface area (Å²) in [5.41, 5.74) is 2.57. The number of aryl methyl sites for hydroxylation is 2. The van der Waals surface area contributed by atoms with Crippen molar-refractivity contribution in [2.75, 3.05) is 0 Å². The zero-order chi connectivity index (χ0) is 14.3. The van der Waals surface area contributed by atoms with Crippen LogP contribution in [-0.4, -0.2) is 25.3 Å². The van der Waals surface area contributed by atoms with Crippen LogP contribution in [0.3, 0.4) is 0 Å². The van der Waals surface area contributed by atoms with Crippen molar-refractivity contribution < 1.29 is 4.79 Å². The van der Waals surface area contributed by atoms with Crippen molar-refractivity contribution in [2.45, 2.75) is 33.7 Å². The summed E-state index contributed by atoms with van der Waals surface area (Å²) in [6, 6.07) is 0.0729. The molecule has 0 aromatic carbocycles. The fraction of sp³-hybridized carbons (Fsp3) is 0.462. The molecule has 19 heavy (non-hydrogen) atoms. The van der Waals surface area contributed by atoms with Crippen LogP contribution in [-0.2, 0) is 7.05 Å². The number of hydrogen-bond acceptors (Lipinski definition) is 3. The predicted octanol–water partition coefficient (Wildman–Crippen LogP) is 2.70. The third-order valence-corrected chi connectivity index (χ3v) is 3.47. The molecule has 0 radical (unpaired) electrons. The van der Waals surface area contributed by atoms with Crippen LogP contribution in [0.5, 0.6) is 0 Å². The maximum atomic E-state index is 12.7. The molecule has 2 aromatic heterocycles. The fourth-order valence-electron chi connectivity index (χ4n) is 2.17. The van der Waals surface area contributed by atoms with Gasteiger partial charge in [-0.05, 0) is 27.7 Å². The summed E-state index contributed by atoms with van der Waals surface area (Å²) < 4.78 is 3.35. The number of nitrogens with zero attached hydrogens (tertiary/aromatic N) is 4. The Balaban J connectivity index is 2.59. The molecule has 0 aliphatic heterocycles. The molecule has 2 aromatic rings. The average molecular weight is 281 g/mol. The lowest BCUT2D eigenvalue weighted by molar-refractivity contribution is 0.102. The summed E-state index contributed by atoms with van der Waals surface area (Å²) in [5.74, 6) is -0.126. The Labute approximate surface area is 117 Å². The molecule has 0 bridgehead atoms. The standard InChI is InChI=1S/C13H17ClN4O/c1-7(2)18-12(10(14)6-15-18)13(19)11-8(3)16-17(5)9(11)4/h6-7H,1-5H3. The SMILES string of the molecule is Cc1nn(C)c(C)c1C(=O)c1c(Cl)cnn1C(C)C. The number of halogens is 1. The van der Waals surface area contributed by atoms with Gasteiger partial charge in [-0.15, -0.1) is 0 Å². The first-order valence-electron chi connectivity index (χ1n) is 6.12. The van der Waals surface area contributed by atoms with E-state index in [1.54, 1.807) is 9.36 Å². The summed E-state index contributed by atoms with van der Waals surface area (Å²) in [5, 5.41) is 8.81. The van der Waals surface area contributed by atoms with Gasteiger partial charge in [0.15, 0.2) is 0 Å². The van der Waals surface area contributed by atoms with Crippen molar-refractivity contribution >= 4 is 17.4 Å². The van der Waals surface area contributed by atoms with Crippen LogP contribution >= 0.6 is 11.6 Å². The normalized spacial score (nSPS) is 11.3. The smallest absolute Gasteiger partial charge is 0.216 e. The second kappa shape index (κ2) is 4.81. The molecule has 0 aliphatic carbocycles. The lowest BCUT2D eigenvalue weighted by Gasteiger charge is -2.10. The van der Waals surface area contributed by atoms with Gasteiger partial charge in [0.05, 0.1) is 22.5 Å². The molecule has 0 N–H and O–H groups in total. The van der Waals surface area contributed by atoms with Crippen molar-refractivity contribution in [3.8, 4) is 0 Å². The van der Waals surface area contributed by atoms with E-state index >= 15 is 0 Å². The number of carbonyl (C=O) groups is 1. The van der Waals surface area contributed by atoms with Gasteiger partial charge >= 0.3 is 0 Å². The molecule has 102 valence electrons. The third-order valence-electron chi connectivity index (χ3n) is 3.19. The zero-order valence-electron chi connectivity index (χ0n) is 11.7. The lowest BCUT2D eigenvalue weighted by atomic mass is 10.1. The molecule has 2 heterocycles. The number of ketones is 1. The van der Waals surface area contributed by atoms with Crippen molar-refractivity contribution in [3.63, 3.8) is 0 Å². The molecule has 0 saturated heterocycles. The first-order chi connectivity index (χ1) is 8.84. The Morgan fingerprint density at radius 2 is 2.00 bits per heavy atom. The Morgan fingerprint density at radius 1 is 1.37 bits per heavy atom. The largest absolute Gasteiger partial charge is 0.287 e. The lowest BCUT2D eigenvalue weighted by Crippen LogP contribution is -2.15. The van der Waals surface area contributed by atoms with Gasteiger partial charge in [0.1, 0.15) is 5.69 Å². The summed E-state index contributed by atoms with van der Waals surface area (Å²) in [6.45, 7) is 7.62. The second-order valence-electron chi connectivity index (χ2n) is 4.88. The molecule has 5 nitrogen and oxygen atoms in total. The molecule has 6 heteroatoms. The summed E-state index contributed by atoms with van der Waals surface area (Å²) in [6.07, 6.45) is 1.51. The molecule has 0 atom stereocenters. The maximum absolute atomic E-state index is 12.7. The maximum Gasteiger partial charge on any atom is 0.216 e. The van der Waals surface area contributed by atoms with Crippen LogP contribution in [0.2, 0.25) is 5.02 Å². The van der Waals surface area contributed by atoms with Crippen molar-refractivity contribution in [3.05, 3.63) is 33.9 Å². The minimum atomic E-state index is -0.126. The molecular formula is C13H17ClN4O. The van der Waals surface area contributed by atoms with Gasteiger partial charge in [-0.25, -0.2) is 0 Å². The molecular weight excluding hydrogens is 264 g/mol. The first kappa shape index (κ1) is 13.8. The van der Waals surface area contributed by atoms with E-state index in [0.29, 0.717) is 22.0 Å². The number of carbonyl (C=O) groups excluding carboxylic acids is 1. The highest BCUT2D eigenvalue weighted by Crippen LogP contribution is 2.24. The van der Waals surface area contributed by atoms with E-state index in [0.717, 1.165) is 5.69 Å². The van der Waals surface area contributed by atoms with Crippen molar-refractivity contribution in [2.24, 2.45) is 7.05 Å². The van der Waals surface area contributed by atoms with E-state index in [1.165, 1.54) is 6.20 Å². The molecule has 0 spiro atoms. The van der Waals surface area contributed by atoms with Crippen LogP contribution in [0.25, 0.3) is 0 Å². The van der Waals surface area contributed by atoms with Gasteiger partial charge in [0, 0.05) is 18.8 Å². The second-order valence-corrected chi connectivity index (χ2v) is 5.29. The molecule has 2 rings (SSSR count). The van der Waals surface area contributed by atoms with Crippen LogP contribution in [0.1, 0.15) is 47.3 Å². The quantitative estimate of drug-likeness (QED) is 0.812. The molecule has 0 aliphatic rings. The van der Waals surface area contributed by atoms with Crippen LogP contribution in [0.4, 0.5) is 0 Å². The Bertz CT molecular complexity index is 639. The number of aromatic nitrogens is 4. The van der Waals surface area contributed by atoms with E-state index in [-0.39, 0.29) is 11.8 Å². The van der Waals surface area contributed by atoms with Crippen molar-refractivity contribution in [1.29, 1.82) is 0 Å². The van der Waals surface area contributed by atoms with E-state index in [4.69, 9.17) is 11.6 Å². The van der Waals surface area contributed by atoms with Crippen LogP contribution < -0.4 is 0 Å². The highest BCUT2D eigenvalue weighted by atomic mass is 35.5. The van der Waals surface area contributed by atoms with Crippen molar-refractivity contribution in [1.82, 2.24) is 19.6 Å². The summed E-state index contributed by atoms with van der Waals surface area (Å²) >= 11 is 6.11. The third kappa shape index (κ3) is 2.18. The van der Waals surface area contributed by atoms with Gasteiger partial charge in [-0.2, -0.15) is 10.2 Å². The van der Waals surface area contributed by atoms with Gasteiger partial charge in [0.2, 0.25) is 5.78 Å². The average Bonchev–Trinajstić information content (AvgIpc) is 2.81. The van der Waals surface area contributed by atoms with Crippen LogP contribution in [0.15, 0.2) is 6.20 Å². The van der Waals surface area contributed by atoms with Gasteiger partial charge in [-0.1, -0.05) is 11.6 Å². The minimum absolute atomic E-state index is 0.0729. The minimum Gasteiger partial charge on any atom is -0.287 e. The van der Waals surface area contributed by atoms with E-state index in [1.807, 2.05) is 34.7 Å². The molecule has 0 fully saturated rings. The predicted molar refractivity (Wildman–Crippen MR) is 73.7 cm³/mol. The van der Waals surface area contributed by atoms with Crippen LogP contribution in [0, 0.1) is 13.8 Å². The van der Waals surface area contributed by atoms with E-state index < -0.39 is 0 Å². The Hall–Kier alpha value is -1.62. The summed E-state index contributed by atoms with van der Waals surface area (Å²) in [4.78, 5) is 12.7. The van der Waals surface area contributed by atoms with Gasteiger partial charge in [0.25, 0.3) is 0 Å². The number of hydrogen-bond donors (Lipinski definition) is 0.